The number of nitrogens with one attached hydrogen (secondary N) is 1. The van der Waals surface area contributed by atoms with Gasteiger partial charge in [-0.15, -0.1) is 0 Å². The van der Waals surface area contributed by atoms with Gasteiger partial charge in [-0.2, -0.15) is 0 Å². The number of aromatic nitrogens is 2. The van der Waals surface area contributed by atoms with Gasteiger partial charge in [0.05, 0.1) is 19.2 Å². The summed E-state index contributed by atoms with van der Waals surface area (Å²) in [5, 5.41) is 1.21. The number of thioether (sulfide) groups is 1. The highest BCUT2D eigenvalue weighted by Gasteiger charge is 2.22. The number of halogens is 1. The Kier molecular flexibility index (Phi) is 7.57. The summed E-state index contributed by atoms with van der Waals surface area (Å²) in [6.07, 6.45) is 0.109. The van der Waals surface area contributed by atoms with E-state index in [0.29, 0.717) is 34.7 Å². The molecule has 0 spiro atoms. The maximum atomic E-state index is 12.8. The monoisotopic (exact) mass is 484 g/mol. The van der Waals surface area contributed by atoms with Gasteiger partial charge in [-0.05, 0) is 42.0 Å². The van der Waals surface area contributed by atoms with Crippen molar-refractivity contribution in [2.24, 2.45) is 0 Å². The van der Waals surface area contributed by atoms with E-state index >= 15 is 0 Å². The van der Waals surface area contributed by atoms with Crippen LogP contribution in [0, 0.1) is 0 Å². The Morgan fingerprint density at radius 3 is 2.61 bits per heavy atom. The summed E-state index contributed by atoms with van der Waals surface area (Å²) in [7, 11) is 1.63. The molecule has 4 rings (SSSR count). The van der Waals surface area contributed by atoms with Crippen LogP contribution in [0.1, 0.15) is 11.3 Å². The molecule has 7 nitrogen and oxygen atoms in total. The Balaban J connectivity index is 1.34. The first kappa shape index (κ1) is 23.2. The van der Waals surface area contributed by atoms with Gasteiger partial charge in [0.25, 0.3) is 5.56 Å². The Morgan fingerprint density at radius 2 is 1.88 bits per heavy atom. The summed E-state index contributed by atoms with van der Waals surface area (Å²) in [6, 6.07) is 16.9. The van der Waals surface area contributed by atoms with Crippen LogP contribution < -0.4 is 15.2 Å². The normalized spacial score (nSPS) is 13.8. The molecule has 1 amide bonds. The zero-order valence-corrected chi connectivity index (χ0v) is 19.9. The molecule has 33 heavy (non-hydrogen) atoms. The van der Waals surface area contributed by atoms with Crippen LogP contribution >= 0.6 is 23.4 Å². The van der Waals surface area contributed by atoms with E-state index in [-0.39, 0.29) is 17.9 Å². The number of hydrogen-bond acceptors (Lipinski definition) is 6. The zero-order valence-electron chi connectivity index (χ0n) is 18.3. The first-order valence-corrected chi connectivity index (χ1v) is 12.0. The molecule has 2 aromatic carbocycles. The maximum absolute atomic E-state index is 12.8. The molecule has 0 unspecified atom stereocenters. The highest BCUT2D eigenvalue weighted by molar-refractivity contribution is 7.98. The molecule has 172 valence electrons. The molecular weight excluding hydrogens is 460 g/mol. The van der Waals surface area contributed by atoms with Gasteiger partial charge in [0, 0.05) is 48.7 Å². The van der Waals surface area contributed by atoms with Crippen LogP contribution in [-0.2, 0) is 17.0 Å². The van der Waals surface area contributed by atoms with Gasteiger partial charge in [0.1, 0.15) is 5.75 Å². The second kappa shape index (κ2) is 10.8. The Hall–Kier alpha value is -2.97. The van der Waals surface area contributed by atoms with Gasteiger partial charge >= 0.3 is 0 Å². The molecule has 0 atom stereocenters. The van der Waals surface area contributed by atoms with Crippen molar-refractivity contribution in [1.29, 1.82) is 0 Å². The summed E-state index contributed by atoms with van der Waals surface area (Å²) in [5.41, 5.74) is 2.38. The minimum absolute atomic E-state index is 0.0207. The highest BCUT2D eigenvalue weighted by Crippen LogP contribution is 2.22. The highest BCUT2D eigenvalue weighted by atomic mass is 35.5. The molecule has 1 aliphatic heterocycles. The summed E-state index contributed by atoms with van der Waals surface area (Å²) < 4.78 is 5.25. The van der Waals surface area contributed by atoms with Crippen LogP contribution in [0.5, 0.6) is 5.75 Å². The number of nitrogens with zero attached hydrogens (tertiary/aromatic N) is 3. The van der Waals surface area contributed by atoms with Crippen LogP contribution in [0.3, 0.4) is 0 Å². The minimum atomic E-state index is -0.256. The number of amides is 1. The molecule has 9 heteroatoms. The number of carbonyl (C=O) groups excluding carboxylic acids is 1. The van der Waals surface area contributed by atoms with E-state index in [1.54, 1.807) is 7.11 Å². The summed E-state index contributed by atoms with van der Waals surface area (Å²) >= 11 is 7.39. The van der Waals surface area contributed by atoms with Crippen molar-refractivity contribution in [3.8, 4) is 5.75 Å². The Bertz CT molecular complexity index is 1160. The van der Waals surface area contributed by atoms with E-state index in [2.05, 4.69) is 14.9 Å². The smallest absolute Gasteiger partial charge is 0.251 e. The van der Waals surface area contributed by atoms with Crippen molar-refractivity contribution < 1.29 is 9.53 Å². The van der Waals surface area contributed by atoms with E-state index in [9.17, 15) is 9.59 Å². The van der Waals surface area contributed by atoms with Gasteiger partial charge in [-0.25, -0.2) is 4.98 Å². The molecule has 3 aromatic rings. The minimum Gasteiger partial charge on any atom is -0.497 e. The molecule has 1 N–H and O–H groups in total. The quantitative estimate of drug-likeness (QED) is 0.407. The van der Waals surface area contributed by atoms with E-state index in [1.165, 1.54) is 17.8 Å². The molecule has 0 aliphatic carbocycles. The average Bonchev–Trinajstić information content (AvgIpc) is 2.83. The molecule has 1 fully saturated rings. The number of piperazine rings is 1. The molecule has 0 saturated carbocycles. The lowest BCUT2D eigenvalue weighted by Gasteiger charge is -2.36. The Labute approximate surface area is 201 Å². The maximum Gasteiger partial charge on any atom is 0.251 e. The summed E-state index contributed by atoms with van der Waals surface area (Å²) in [6.45, 7) is 2.75. The van der Waals surface area contributed by atoms with Crippen LogP contribution in [0.15, 0.2) is 64.5 Å². The first-order valence-electron chi connectivity index (χ1n) is 10.6. The van der Waals surface area contributed by atoms with Crippen LogP contribution in [-0.4, -0.2) is 54.1 Å². The van der Waals surface area contributed by atoms with Crippen LogP contribution in [0.2, 0.25) is 5.02 Å². The van der Waals surface area contributed by atoms with Crippen molar-refractivity contribution in [3.05, 3.63) is 81.2 Å². The number of aromatic amines is 1. The average molecular weight is 485 g/mol. The second-order valence-electron chi connectivity index (χ2n) is 7.70. The summed E-state index contributed by atoms with van der Waals surface area (Å²) in [5.74, 6) is 1.39. The van der Waals surface area contributed by atoms with Crippen molar-refractivity contribution in [3.63, 3.8) is 0 Å². The number of carbonyl (C=O) groups is 1. The number of ether oxygens (including phenoxy) is 1. The fourth-order valence-corrected chi connectivity index (χ4v) is 4.65. The summed E-state index contributed by atoms with van der Waals surface area (Å²) in [4.78, 5) is 36.3. The molecular formula is C24H25ClN4O3S. The fourth-order valence-electron chi connectivity index (χ4n) is 3.69. The topological polar surface area (TPSA) is 78.5 Å². The predicted molar refractivity (Wildman–Crippen MR) is 131 cm³/mol. The van der Waals surface area contributed by atoms with Gasteiger partial charge in [-0.1, -0.05) is 35.5 Å². The van der Waals surface area contributed by atoms with E-state index in [0.717, 1.165) is 30.1 Å². The lowest BCUT2D eigenvalue weighted by molar-refractivity contribution is -0.130. The van der Waals surface area contributed by atoms with Crippen molar-refractivity contribution in [2.75, 3.05) is 38.2 Å². The fraction of sp³-hybridized carbons (Fsp3) is 0.292. The van der Waals surface area contributed by atoms with E-state index in [4.69, 9.17) is 16.3 Å². The SMILES string of the molecule is COc1cccc(CSc2nc(CC(=O)N3CCN(c4ccc(Cl)cc4)CC3)cc(=O)[nH]2)c1. The lowest BCUT2D eigenvalue weighted by Crippen LogP contribution is -2.49. The second-order valence-corrected chi connectivity index (χ2v) is 9.10. The zero-order chi connectivity index (χ0) is 23.2. The van der Waals surface area contributed by atoms with E-state index in [1.807, 2.05) is 53.4 Å². The predicted octanol–water partition coefficient (Wildman–Crippen LogP) is 3.62. The Morgan fingerprint density at radius 1 is 1.12 bits per heavy atom. The van der Waals surface area contributed by atoms with Crippen LogP contribution in [0.25, 0.3) is 0 Å². The molecule has 0 bridgehead atoms. The van der Waals surface area contributed by atoms with Gasteiger partial charge in [0.15, 0.2) is 5.16 Å². The lowest BCUT2D eigenvalue weighted by atomic mass is 10.2. The molecule has 2 heterocycles. The third-order valence-corrected chi connectivity index (χ3v) is 6.64. The van der Waals surface area contributed by atoms with Crippen molar-refractivity contribution in [2.45, 2.75) is 17.3 Å². The third kappa shape index (κ3) is 6.30. The molecule has 1 aliphatic rings. The molecule has 1 aromatic heterocycles. The van der Waals surface area contributed by atoms with Crippen molar-refractivity contribution in [1.82, 2.24) is 14.9 Å². The number of rotatable bonds is 7. The number of methoxy groups -OCH3 is 1. The van der Waals surface area contributed by atoms with Gasteiger partial charge < -0.3 is 19.5 Å². The number of hydrogen-bond donors (Lipinski definition) is 1. The third-order valence-electron chi connectivity index (χ3n) is 5.44. The number of anilines is 1. The van der Waals surface area contributed by atoms with Gasteiger partial charge in [0.2, 0.25) is 5.91 Å². The van der Waals surface area contributed by atoms with Crippen LogP contribution in [0.4, 0.5) is 5.69 Å². The van der Waals surface area contributed by atoms with E-state index < -0.39 is 0 Å². The largest absolute Gasteiger partial charge is 0.497 e. The number of H-pyrrole nitrogens is 1. The number of benzene rings is 2. The van der Waals surface area contributed by atoms with Gasteiger partial charge in [-0.3, -0.25) is 9.59 Å². The first-order chi connectivity index (χ1) is 16.0. The molecule has 0 radical (unpaired) electrons. The molecule has 1 saturated heterocycles. The standard InChI is InChI=1S/C24H25ClN4O3S/c1-32-21-4-2-3-17(13-21)16-33-24-26-19(14-22(30)27-24)15-23(31)29-11-9-28(10-12-29)20-7-5-18(25)6-8-20/h2-8,13-14H,9-12,15-16H2,1H3,(H,26,27,30). The van der Waals surface area contributed by atoms with Crippen molar-refractivity contribution >= 4 is 35.0 Å².